The van der Waals surface area contributed by atoms with E-state index in [9.17, 15) is 4.79 Å². The predicted molar refractivity (Wildman–Crippen MR) is 174 cm³/mol. The number of alkyl carbamates (subject to hydrolysis) is 1. The highest BCUT2D eigenvalue weighted by Gasteiger charge is 2.23. The molecule has 2 aromatic rings. The van der Waals surface area contributed by atoms with Crippen LogP contribution in [0.1, 0.15) is 130 Å². The Kier molecular flexibility index (Phi) is 20.0. The van der Waals surface area contributed by atoms with Crippen LogP contribution in [-0.2, 0) is 20.8 Å². The zero-order valence-electron chi connectivity index (χ0n) is 27.3. The van der Waals surface area contributed by atoms with Gasteiger partial charge in [0.05, 0.1) is 6.61 Å². The Hall–Kier alpha value is -2.18. The summed E-state index contributed by atoms with van der Waals surface area (Å²) in [6.45, 7) is 7.68. The topological polar surface area (TPSA) is 60.7 Å². The molecule has 6 nitrogen and oxygen atoms in total. The van der Waals surface area contributed by atoms with Crippen LogP contribution >= 0.6 is 0 Å². The van der Waals surface area contributed by atoms with Gasteiger partial charge < -0.3 is 19.5 Å². The Balaban J connectivity index is 1.58. The summed E-state index contributed by atoms with van der Waals surface area (Å²) in [6.07, 6.45) is 21.8. The van der Waals surface area contributed by atoms with E-state index in [1.54, 1.807) is 7.11 Å². The first-order valence-corrected chi connectivity index (χ1v) is 17.1. The molecule has 0 fully saturated rings. The number of para-hydroxylation sites is 1. The second-order valence-electron chi connectivity index (χ2n) is 11.8. The van der Waals surface area contributed by atoms with Crippen molar-refractivity contribution in [3.05, 3.63) is 42.6 Å². The zero-order chi connectivity index (χ0) is 30.3. The average molecular weight is 586 g/mol. The number of rotatable bonds is 25. The highest BCUT2D eigenvalue weighted by molar-refractivity contribution is 5.74. The zero-order valence-corrected chi connectivity index (χ0v) is 27.3. The van der Waals surface area contributed by atoms with Crippen molar-refractivity contribution in [1.82, 2.24) is 5.32 Å². The van der Waals surface area contributed by atoms with Gasteiger partial charge in [0.15, 0.2) is 6.20 Å². The van der Waals surface area contributed by atoms with Crippen molar-refractivity contribution in [2.45, 2.75) is 155 Å². The van der Waals surface area contributed by atoms with Crippen LogP contribution in [0.4, 0.5) is 4.79 Å². The maximum absolute atomic E-state index is 12.7. The Bertz CT molecular complexity index is 948. The number of aromatic nitrogens is 1. The molecule has 0 aliphatic heterocycles. The fourth-order valence-electron chi connectivity index (χ4n) is 5.47. The van der Waals surface area contributed by atoms with Gasteiger partial charge in [0.25, 0.3) is 0 Å². The number of unbranched alkanes of at least 4 members (excludes halogenated alkanes) is 13. The van der Waals surface area contributed by atoms with E-state index in [4.69, 9.17) is 14.2 Å². The molecule has 6 heteroatoms. The second kappa shape index (κ2) is 23.3. The monoisotopic (exact) mass is 585 g/mol. The van der Waals surface area contributed by atoms with Crippen LogP contribution in [0.25, 0.3) is 10.9 Å². The van der Waals surface area contributed by atoms with Crippen LogP contribution in [0.5, 0.6) is 0 Å². The molecule has 1 aromatic carbocycles. The fraction of sp³-hybridized carbons (Fsp3) is 0.722. The highest BCUT2D eigenvalue weighted by atomic mass is 16.7. The lowest BCUT2D eigenvalue weighted by Gasteiger charge is -2.25. The van der Waals surface area contributed by atoms with Crippen molar-refractivity contribution in [3.63, 3.8) is 0 Å². The Morgan fingerprint density at radius 3 is 2.07 bits per heavy atom. The lowest BCUT2D eigenvalue weighted by Crippen LogP contribution is -2.41. The summed E-state index contributed by atoms with van der Waals surface area (Å²) < 4.78 is 19.4. The number of hydrogen-bond donors (Lipinski definition) is 1. The Morgan fingerprint density at radius 1 is 0.810 bits per heavy atom. The molecule has 1 N–H and O–H groups in total. The smallest absolute Gasteiger partial charge is 0.409 e. The van der Waals surface area contributed by atoms with E-state index >= 15 is 0 Å². The molecule has 3 unspecified atom stereocenters. The maximum Gasteiger partial charge on any atom is 0.409 e. The number of carbonyl (C=O) groups is 1. The van der Waals surface area contributed by atoms with Gasteiger partial charge in [-0.15, -0.1) is 0 Å². The van der Waals surface area contributed by atoms with Crippen molar-refractivity contribution >= 4 is 17.0 Å². The third-order valence-electron chi connectivity index (χ3n) is 8.31. The maximum atomic E-state index is 12.7. The Morgan fingerprint density at radius 2 is 1.43 bits per heavy atom. The molecular formula is C36H61N2O4+. The molecule has 0 saturated heterocycles. The number of ether oxygens (including phenoxy) is 3. The minimum Gasteiger partial charge on any atom is -0.417 e. The number of nitrogens with zero attached hydrogens (tertiary/aromatic N) is 1. The quantitative estimate of drug-likeness (QED) is 0.0717. The normalized spacial score (nSPS) is 13.6. The number of methoxy groups -OCH3 is 1. The lowest BCUT2D eigenvalue weighted by molar-refractivity contribution is -0.671. The van der Waals surface area contributed by atoms with E-state index in [1.807, 2.05) is 6.92 Å². The van der Waals surface area contributed by atoms with Gasteiger partial charge >= 0.3 is 6.09 Å². The van der Waals surface area contributed by atoms with Crippen LogP contribution in [0.3, 0.4) is 0 Å². The van der Waals surface area contributed by atoms with Crippen LogP contribution < -0.4 is 9.88 Å². The molecule has 0 radical (unpaired) electrons. The molecule has 0 spiro atoms. The van der Waals surface area contributed by atoms with Crippen LogP contribution in [-0.4, -0.2) is 38.2 Å². The molecule has 1 aromatic heterocycles. The first-order valence-electron chi connectivity index (χ1n) is 17.1. The summed E-state index contributed by atoms with van der Waals surface area (Å²) >= 11 is 0. The molecular weight excluding hydrogens is 524 g/mol. The van der Waals surface area contributed by atoms with Gasteiger partial charge in [0, 0.05) is 37.1 Å². The van der Waals surface area contributed by atoms with Crippen molar-refractivity contribution in [3.8, 4) is 0 Å². The number of carbonyl (C=O) groups excluding carboxylic acids is 1. The van der Waals surface area contributed by atoms with Crippen LogP contribution in [0, 0.1) is 0 Å². The number of pyridine rings is 1. The lowest BCUT2D eigenvalue weighted by atomic mass is 10.0. The molecule has 3 atom stereocenters. The fourth-order valence-corrected chi connectivity index (χ4v) is 5.47. The van der Waals surface area contributed by atoms with Crippen molar-refractivity contribution in [2.75, 3.05) is 13.7 Å². The van der Waals surface area contributed by atoms with Gasteiger partial charge in [-0.3, -0.25) is 0 Å². The summed E-state index contributed by atoms with van der Waals surface area (Å²) in [5.41, 5.74) is 1.23. The Labute approximate surface area is 256 Å². The van der Waals surface area contributed by atoms with Crippen molar-refractivity contribution in [2.24, 2.45) is 0 Å². The number of fused-ring (bicyclic) bond motifs is 1. The second-order valence-corrected chi connectivity index (χ2v) is 11.8. The number of hydrogen-bond acceptors (Lipinski definition) is 4. The number of nitrogens with one attached hydrogen (secondary N) is 1. The first-order chi connectivity index (χ1) is 20.6. The summed E-state index contributed by atoms with van der Waals surface area (Å²) in [5.74, 6) is 0. The van der Waals surface area contributed by atoms with E-state index in [-0.39, 0.29) is 12.1 Å². The molecule has 238 valence electrons. The third kappa shape index (κ3) is 15.3. The molecule has 0 aliphatic carbocycles. The van der Waals surface area contributed by atoms with E-state index in [0.717, 1.165) is 38.6 Å². The van der Waals surface area contributed by atoms with Gasteiger partial charge in [-0.05, 0) is 38.3 Å². The van der Waals surface area contributed by atoms with E-state index in [1.165, 1.54) is 88.0 Å². The van der Waals surface area contributed by atoms with E-state index < -0.39 is 12.4 Å². The summed E-state index contributed by atoms with van der Waals surface area (Å²) in [6, 6.07) is 12.8. The van der Waals surface area contributed by atoms with Crippen molar-refractivity contribution < 1.29 is 23.6 Å². The molecule has 1 heterocycles. The minimum absolute atomic E-state index is 0.126. The predicted octanol–water partition coefficient (Wildman–Crippen LogP) is 9.27. The summed E-state index contributed by atoms with van der Waals surface area (Å²) in [7, 11) is 1.61. The molecule has 42 heavy (non-hydrogen) atoms. The summed E-state index contributed by atoms with van der Waals surface area (Å²) in [4.78, 5) is 12.7. The molecule has 0 aliphatic rings. The van der Waals surface area contributed by atoms with Gasteiger partial charge in [-0.2, -0.15) is 4.57 Å². The molecule has 2 rings (SSSR count). The standard InChI is InChI=1S/C36H60N2O4/c1-5-7-8-9-10-11-12-13-14-15-16-17-18-26-33(6-2)37-36(39)42-35(31(3)40-4)41-30-22-21-28-38-29-23-25-32-24-19-20-27-34(32)38/h19-20,23-25,27,29,31,33,35H,5-18,21-22,26,28,30H2,1-4H3/p+1. The van der Waals surface area contributed by atoms with E-state index in [0.29, 0.717) is 6.61 Å². The van der Waals surface area contributed by atoms with Gasteiger partial charge in [-0.25, -0.2) is 4.79 Å². The van der Waals surface area contributed by atoms with E-state index in [2.05, 4.69) is 66.3 Å². The number of aryl methyl sites for hydroxylation is 1. The minimum atomic E-state index is -0.728. The number of amides is 1. The summed E-state index contributed by atoms with van der Waals surface area (Å²) in [5, 5.41) is 4.30. The van der Waals surface area contributed by atoms with Gasteiger partial charge in [0.1, 0.15) is 12.6 Å². The molecule has 1 amide bonds. The van der Waals surface area contributed by atoms with Gasteiger partial charge in [-0.1, -0.05) is 109 Å². The van der Waals surface area contributed by atoms with Crippen LogP contribution in [0.2, 0.25) is 0 Å². The SMILES string of the molecule is CCCCCCCCCCCCCCCC(CC)NC(=O)OC(OCCCC[n+]1cccc2ccccc21)C(C)OC. The molecule has 0 saturated carbocycles. The number of benzene rings is 1. The largest absolute Gasteiger partial charge is 0.417 e. The molecule has 0 bridgehead atoms. The first kappa shape index (κ1) is 36.0. The highest BCUT2D eigenvalue weighted by Crippen LogP contribution is 2.15. The average Bonchev–Trinajstić information content (AvgIpc) is 3.01. The van der Waals surface area contributed by atoms with Crippen LogP contribution in [0.15, 0.2) is 42.6 Å². The van der Waals surface area contributed by atoms with Crippen molar-refractivity contribution in [1.29, 1.82) is 0 Å². The van der Waals surface area contributed by atoms with Gasteiger partial charge in [0.2, 0.25) is 11.8 Å². The third-order valence-corrected chi connectivity index (χ3v) is 8.31.